The van der Waals surface area contributed by atoms with Gasteiger partial charge in [0.05, 0.1) is 0 Å². The molecular formula is C13H24N4OS. The average Bonchev–Trinajstić information content (AvgIpc) is 2.35. The molecule has 0 aromatic carbocycles. The summed E-state index contributed by atoms with van der Waals surface area (Å²) in [6, 6.07) is 0. The number of methoxy groups -OCH3 is 1. The van der Waals surface area contributed by atoms with E-state index in [-0.39, 0.29) is 5.41 Å². The lowest BCUT2D eigenvalue weighted by molar-refractivity contribution is 0.200. The minimum atomic E-state index is -0.0961. The predicted molar refractivity (Wildman–Crippen MR) is 80.5 cm³/mol. The Kier molecular flexibility index (Phi) is 6.03. The predicted octanol–water partition coefficient (Wildman–Crippen LogP) is 2.50. The third-order valence-corrected chi connectivity index (χ3v) is 3.80. The Bertz CT molecular complexity index is 418. The van der Waals surface area contributed by atoms with Crippen molar-refractivity contribution in [2.24, 2.45) is 5.84 Å². The summed E-state index contributed by atoms with van der Waals surface area (Å²) in [5.41, 5.74) is 3.56. The molecule has 6 heteroatoms. The van der Waals surface area contributed by atoms with E-state index < -0.39 is 0 Å². The molecule has 1 aromatic rings. The highest BCUT2D eigenvalue weighted by atomic mass is 32.2. The summed E-state index contributed by atoms with van der Waals surface area (Å²) in [6.07, 6.45) is 1.00. The zero-order valence-electron chi connectivity index (χ0n) is 12.4. The number of nitrogen functional groups attached to an aromatic ring is 1. The molecule has 1 heterocycles. The fraction of sp³-hybridized carbons (Fsp3) is 0.692. The van der Waals surface area contributed by atoms with E-state index in [4.69, 9.17) is 10.6 Å². The number of hydrogen-bond acceptors (Lipinski definition) is 6. The van der Waals surface area contributed by atoms with Crippen LogP contribution >= 0.6 is 11.8 Å². The van der Waals surface area contributed by atoms with Gasteiger partial charge in [-0.2, -0.15) is 0 Å². The number of nitrogens with one attached hydrogen (secondary N) is 1. The van der Waals surface area contributed by atoms with Gasteiger partial charge in [0.2, 0.25) is 0 Å². The maximum Gasteiger partial charge on any atom is 0.147 e. The summed E-state index contributed by atoms with van der Waals surface area (Å²) >= 11 is 1.72. The summed E-state index contributed by atoms with van der Waals surface area (Å²) in [6.45, 7) is 9.04. The maximum atomic E-state index is 5.54. The van der Waals surface area contributed by atoms with Crippen LogP contribution in [0.5, 0.6) is 0 Å². The molecule has 0 saturated carbocycles. The molecule has 0 atom stereocenters. The molecule has 0 amide bonds. The molecule has 19 heavy (non-hydrogen) atoms. The number of nitrogens with zero attached hydrogens (tertiary/aromatic N) is 2. The number of hydrogen-bond donors (Lipinski definition) is 2. The van der Waals surface area contributed by atoms with Gasteiger partial charge in [0.15, 0.2) is 0 Å². The number of nitrogens with two attached hydrogens (primary N) is 1. The van der Waals surface area contributed by atoms with E-state index in [1.54, 1.807) is 18.9 Å². The van der Waals surface area contributed by atoms with Gasteiger partial charge in [0.1, 0.15) is 16.7 Å². The number of ether oxygens (including phenoxy) is 1. The van der Waals surface area contributed by atoms with E-state index in [0.29, 0.717) is 5.82 Å². The summed E-state index contributed by atoms with van der Waals surface area (Å²) in [4.78, 5) is 9.15. The van der Waals surface area contributed by atoms with Gasteiger partial charge in [-0.25, -0.2) is 15.8 Å². The van der Waals surface area contributed by atoms with Crippen molar-refractivity contribution in [3.63, 3.8) is 0 Å². The highest BCUT2D eigenvalue weighted by molar-refractivity contribution is 7.99. The molecule has 5 nitrogen and oxygen atoms in total. The standard InChI is InChI=1S/C13H24N4OS/c1-9-10(17-14)15-12(13(2,3)4)16-11(9)19-8-6-7-18-5/h6-8,14H2,1-5H3,(H,15,16,17). The van der Waals surface area contributed by atoms with E-state index in [2.05, 4.69) is 36.2 Å². The van der Waals surface area contributed by atoms with Crippen LogP contribution in [0, 0.1) is 6.92 Å². The number of thioether (sulfide) groups is 1. The number of aromatic nitrogens is 2. The molecular weight excluding hydrogens is 260 g/mol. The van der Waals surface area contributed by atoms with Crippen molar-refractivity contribution in [1.82, 2.24) is 9.97 Å². The minimum Gasteiger partial charge on any atom is -0.385 e. The molecule has 108 valence electrons. The lowest BCUT2D eigenvalue weighted by atomic mass is 9.95. The van der Waals surface area contributed by atoms with Crippen LogP contribution in [0.2, 0.25) is 0 Å². The van der Waals surface area contributed by atoms with Crippen molar-refractivity contribution in [2.75, 3.05) is 24.9 Å². The second-order valence-corrected chi connectivity index (χ2v) is 6.50. The van der Waals surface area contributed by atoms with Crippen LogP contribution < -0.4 is 11.3 Å². The summed E-state index contributed by atoms with van der Waals surface area (Å²) in [5.74, 6) is 8.02. The van der Waals surface area contributed by atoms with Gasteiger partial charge in [-0.1, -0.05) is 20.8 Å². The molecule has 1 rings (SSSR count). The first kappa shape index (κ1) is 16.2. The Labute approximate surface area is 119 Å². The van der Waals surface area contributed by atoms with Crippen LogP contribution in [0.1, 0.15) is 38.6 Å². The van der Waals surface area contributed by atoms with Gasteiger partial charge >= 0.3 is 0 Å². The quantitative estimate of drug-likeness (QED) is 0.275. The number of hydrazine groups is 1. The fourth-order valence-corrected chi connectivity index (χ4v) is 2.40. The van der Waals surface area contributed by atoms with E-state index in [0.717, 1.165) is 35.2 Å². The van der Waals surface area contributed by atoms with Crippen molar-refractivity contribution in [3.05, 3.63) is 11.4 Å². The molecule has 0 saturated heterocycles. The Balaban J connectivity index is 2.95. The molecule has 0 radical (unpaired) electrons. The lowest BCUT2D eigenvalue weighted by Gasteiger charge is -2.20. The van der Waals surface area contributed by atoms with Crippen molar-refractivity contribution in [3.8, 4) is 0 Å². The van der Waals surface area contributed by atoms with Crippen LogP contribution in [-0.2, 0) is 10.2 Å². The van der Waals surface area contributed by atoms with E-state index in [1.165, 1.54) is 0 Å². The van der Waals surface area contributed by atoms with Gasteiger partial charge in [-0.3, -0.25) is 0 Å². The van der Waals surface area contributed by atoms with Crippen LogP contribution in [0.4, 0.5) is 5.82 Å². The highest BCUT2D eigenvalue weighted by Crippen LogP contribution is 2.28. The molecule has 0 bridgehead atoms. The molecule has 0 aliphatic heterocycles. The summed E-state index contributed by atoms with van der Waals surface area (Å²) < 4.78 is 5.05. The zero-order chi connectivity index (χ0) is 14.5. The summed E-state index contributed by atoms with van der Waals surface area (Å²) in [5, 5.41) is 0.990. The molecule has 1 aromatic heterocycles. The van der Waals surface area contributed by atoms with Crippen LogP contribution in [0.3, 0.4) is 0 Å². The molecule has 0 spiro atoms. The average molecular weight is 284 g/mol. The Morgan fingerprint density at radius 2 is 2.00 bits per heavy atom. The van der Waals surface area contributed by atoms with E-state index in [1.807, 2.05) is 6.92 Å². The Hall–Kier alpha value is -0.850. The van der Waals surface area contributed by atoms with Gasteiger partial charge in [0.25, 0.3) is 0 Å². The van der Waals surface area contributed by atoms with Crippen molar-refractivity contribution >= 4 is 17.6 Å². The molecule has 0 aliphatic carbocycles. The van der Waals surface area contributed by atoms with E-state index >= 15 is 0 Å². The Morgan fingerprint density at radius 1 is 1.32 bits per heavy atom. The van der Waals surface area contributed by atoms with Gasteiger partial charge in [-0.15, -0.1) is 11.8 Å². The monoisotopic (exact) mass is 284 g/mol. The molecule has 0 fully saturated rings. The van der Waals surface area contributed by atoms with Crippen molar-refractivity contribution in [2.45, 2.75) is 44.6 Å². The highest BCUT2D eigenvalue weighted by Gasteiger charge is 2.21. The zero-order valence-corrected chi connectivity index (χ0v) is 13.2. The largest absolute Gasteiger partial charge is 0.385 e. The van der Waals surface area contributed by atoms with Crippen molar-refractivity contribution in [1.29, 1.82) is 0 Å². The number of anilines is 1. The maximum absolute atomic E-state index is 5.54. The third kappa shape index (κ3) is 4.63. The number of rotatable bonds is 6. The van der Waals surface area contributed by atoms with Crippen LogP contribution in [0.25, 0.3) is 0 Å². The van der Waals surface area contributed by atoms with Gasteiger partial charge in [0, 0.05) is 30.4 Å². The Morgan fingerprint density at radius 3 is 2.53 bits per heavy atom. The van der Waals surface area contributed by atoms with Gasteiger partial charge in [-0.05, 0) is 13.3 Å². The van der Waals surface area contributed by atoms with Crippen LogP contribution in [0.15, 0.2) is 5.03 Å². The van der Waals surface area contributed by atoms with Crippen molar-refractivity contribution < 1.29 is 4.74 Å². The van der Waals surface area contributed by atoms with E-state index in [9.17, 15) is 0 Å². The van der Waals surface area contributed by atoms with Crippen LogP contribution in [-0.4, -0.2) is 29.4 Å². The third-order valence-electron chi connectivity index (χ3n) is 2.64. The fourth-order valence-electron chi connectivity index (χ4n) is 1.48. The second-order valence-electron chi connectivity index (χ2n) is 5.42. The smallest absolute Gasteiger partial charge is 0.147 e. The SMILES string of the molecule is COCCCSc1nc(C(C)(C)C)nc(NN)c1C. The van der Waals surface area contributed by atoms with Gasteiger partial charge < -0.3 is 10.2 Å². The lowest BCUT2D eigenvalue weighted by Crippen LogP contribution is -2.20. The topological polar surface area (TPSA) is 73.1 Å². The molecule has 3 N–H and O–H groups in total. The minimum absolute atomic E-state index is 0.0961. The normalized spacial score (nSPS) is 11.7. The second kappa shape index (κ2) is 7.07. The molecule has 0 unspecified atom stereocenters. The molecule has 0 aliphatic rings. The first-order valence-corrected chi connectivity index (χ1v) is 7.36. The first-order valence-electron chi connectivity index (χ1n) is 6.37. The first-order chi connectivity index (χ1) is 8.90. The summed E-state index contributed by atoms with van der Waals surface area (Å²) in [7, 11) is 1.72.